The average Bonchev–Trinajstić information content (AvgIpc) is 1.47. The van der Waals surface area contributed by atoms with Gasteiger partial charge in [0.25, 0.3) is 70.8 Å². The molecule has 21 fully saturated rings. The molecule has 14 bridgehead atoms. The van der Waals surface area contributed by atoms with Gasteiger partial charge in [-0.1, -0.05) is 83.6 Å². The van der Waals surface area contributed by atoms with Crippen LogP contribution in [0.25, 0.3) is 0 Å². The van der Waals surface area contributed by atoms with Crippen LogP contribution in [0.2, 0.25) is 0 Å². The highest BCUT2D eigenvalue weighted by Crippen LogP contribution is 2.80. The van der Waals surface area contributed by atoms with Gasteiger partial charge < -0.3 is 23.7 Å². The molecule has 26 nitrogen and oxygen atoms in total. The van der Waals surface area contributed by atoms with E-state index < -0.39 is 132 Å². The largest absolute Gasteiger partial charge is 0.410 e. The zero-order valence-electron chi connectivity index (χ0n) is 56.0. The number of alkyl halides is 3. The summed E-state index contributed by atoms with van der Waals surface area (Å²) in [4.78, 5) is 0. The molecule has 0 aromatic heterocycles. The lowest BCUT2D eigenvalue weighted by atomic mass is 9.57. The highest BCUT2D eigenvalue weighted by Gasteiger charge is 2.84. The Kier molecular flexibility index (Phi) is 15.8. The Labute approximate surface area is 568 Å². The Bertz CT molecular complexity index is 4150. The summed E-state index contributed by atoms with van der Waals surface area (Å²) in [6.45, 7) is 30.1. The van der Waals surface area contributed by atoms with Crippen molar-refractivity contribution >= 4 is 70.8 Å². The minimum absolute atomic E-state index is 0. The van der Waals surface area contributed by atoms with E-state index in [1.807, 2.05) is 69.2 Å². The minimum Gasteiger partial charge on any atom is -0.370 e. The second kappa shape index (κ2) is 21.0. The summed E-state index contributed by atoms with van der Waals surface area (Å²) >= 11 is 0. The predicted octanol–water partition coefficient (Wildman–Crippen LogP) is 5.66. The molecule has 556 valence electrons. The third-order valence-electron chi connectivity index (χ3n) is 29.2. The normalized spacial score (nSPS) is 58.2. The van der Waals surface area contributed by atoms with Crippen LogP contribution in [-0.2, 0) is 124 Å². The van der Waals surface area contributed by atoms with Crippen molar-refractivity contribution in [2.24, 2.45) is 63.1 Å². The van der Waals surface area contributed by atoms with Gasteiger partial charge in [0, 0.05) is 45.8 Å². The van der Waals surface area contributed by atoms with Crippen LogP contribution in [0.3, 0.4) is 0 Å². The molecule has 4 saturated carbocycles. The Morgan fingerprint density at radius 1 is 0.433 bits per heavy atom. The maximum atomic E-state index is 13.1. The predicted molar refractivity (Wildman–Crippen MR) is 335 cm³/mol. The van der Waals surface area contributed by atoms with Gasteiger partial charge >= 0.3 is 6.18 Å². The summed E-state index contributed by atoms with van der Waals surface area (Å²) < 4.78 is 262. The number of hydrogen-bond acceptors (Lipinski definition) is 26. The SMILES string of the molecule is C.CC1(C)C2CC3C(O2)C1OS3(=O)=O.CC12CC3C(C)(C1)C(C)(OS3(=O)=O)C2(C)C.CC1C2CC3C(C)(O2)C1OS3(=O)=O.CC1C2CC3C(O2)C1(C)OS3(=O)=O.CC1C2CC3C(O2)C1OS3(=O)=O.CC1C2CC3C1OS(=O)(=O)C3(C(F)(F)F)C2.CC1C2OS(=O)(=O)C3CC1(C)OC23. The molecule has 0 spiro atoms. The van der Waals surface area contributed by atoms with Crippen LogP contribution < -0.4 is 0 Å². The van der Waals surface area contributed by atoms with Crippen LogP contribution in [0.15, 0.2) is 0 Å². The van der Waals surface area contributed by atoms with Crippen molar-refractivity contribution in [3.8, 4) is 0 Å². The maximum absolute atomic E-state index is 13.1. The Morgan fingerprint density at radius 2 is 1.03 bits per heavy atom. The molecule has 0 aromatic carbocycles. The lowest BCUT2D eigenvalue weighted by molar-refractivity contribution is -0.173. The Hall–Kier alpha value is -1.04. The van der Waals surface area contributed by atoms with Crippen LogP contribution in [0.5, 0.6) is 0 Å². The van der Waals surface area contributed by atoms with Crippen LogP contribution in [0, 0.1) is 63.1 Å². The van der Waals surface area contributed by atoms with E-state index in [9.17, 15) is 72.1 Å². The number of fused-ring (bicyclic) bond motifs is 7. The van der Waals surface area contributed by atoms with E-state index in [-0.39, 0.29) is 160 Å². The first kappa shape index (κ1) is 72.9. The molecular weight excluding hydrogens is 1430 g/mol. The summed E-state index contributed by atoms with van der Waals surface area (Å²) in [5.74, 6) is -0.330. The topological polar surface area (TPSA) is 350 Å². The van der Waals surface area contributed by atoms with Gasteiger partial charge in [-0.15, -0.1) is 0 Å². The monoisotopic (exact) mass is 1520 g/mol. The second-order valence-corrected chi connectivity index (χ2v) is 46.4. The summed E-state index contributed by atoms with van der Waals surface area (Å²) in [6, 6.07) is 0. The van der Waals surface area contributed by atoms with Crippen molar-refractivity contribution in [1.82, 2.24) is 0 Å². The van der Waals surface area contributed by atoms with Crippen LogP contribution in [0.4, 0.5) is 13.2 Å². The molecule has 0 amide bonds. The highest BCUT2D eigenvalue weighted by atomic mass is 32.2. The van der Waals surface area contributed by atoms with Gasteiger partial charge in [-0.25, -0.2) is 0 Å². The van der Waals surface area contributed by atoms with Gasteiger partial charge in [-0.05, 0) is 103 Å². The molecule has 33 unspecified atom stereocenters. The number of hydrogen-bond donors (Lipinski definition) is 0. The smallest absolute Gasteiger partial charge is 0.370 e. The van der Waals surface area contributed by atoms with Crippen molar-refractivity contribution in [3.05, 3.63) is 0 Å². The van der Waals surface area contributed by atoms with Gasteiger partial charge in [-0.2, -0.15) is 72.1 Å². The lowest BCUT2D eigenvalue weighted by Crippen LogP contribution is -2.54. The van der Waals surface area contributed by atoms with E-state index >= 15 is 0 Å². The Morgan fingerprint density at radius 3 is 1.55 bits per heavy atom. The van der Waals surface area contributed by atoms with Crippen LogP contribution >= 0.6 is 0 Å². The van der Waals surface area contributed by atoms with E-state index in [1.54, 1.807) is 6.92 Å². The number of ether oxygens (including phenoxy) is 5. The van der Waals surface area contributed by atoms with Crippen molar-refractivity contribution in [1.29, 1.82) is 0 Å². The summed E-state index contributed by atoms with van der Waals surface area (Å²) in [5, 5.41) is -2.29. The lowest BCUT2D eigenvalue weighted by Gasteiger charge is -2.49. The molecule has 17 heterocycles. The van der Waals surface area contributed by atoms with Crippen LogP contribution in [-0.4, -0.2) is 203 Å². The van der Waals surface area contributed by atoms with E-state index in [0.29, 0.717) is 38.5 Å². The third-order valence-corrected chi connectivity index (χ3v) is 41.8. The molecule has 97 heavy (non-hydrogen) atoms. The molecule has 17 aliphatic heterocycles. The van der Waals surface area contributed by atoms with Crippen molar-refractivity contribution < 1.29 is 125 Å². The third kappa shape index (κ3) is 9.24. The zero-order chi connectivity index (χ0) is 70.4. The van der Waals surface area contributed by atoms with E-state index in [0.717, 1.165) is 12.8 Å². The average molecular weight is 1520 g/mol. The standard InChI is InChI=1S/C12H20O3S.C9H11F3O3S.4C8H12O4S.C7H10O4S.CH4/c1-9(2)10(3)6-8-11(4,7-10)12(9,5)15-16(8,13)14;1-4-5-2-6-7(4)15-16(13,14)8(6,3-5)9(10,11)12;1-8(2)5-3-4-6(11-5)7(8)12-13(4,9)10;1-4-6-7-5(13(9,10)12-6)3-8(4,2)11-7;1-4-5-3-6-7(11-5)8(4,2)12-13(6,9)10;1-4-5-3-6-8(2,11-5)7(4)12-13(6,9)10;1-3-4-2-5-7(10-4)6(3)11-12(5,8)9;/h8H,6-7H2,1-5H3;4-7H,2-3H2,1H3;4*4-7H,3H2,1-2H3;3-7H,2H2,1H3;1H4. The minimum atomic E-state index is -4.72. The first-order valence-electron chi connectivity index (χ1n) is 33.5. The molecule has 21 aliphatic rings. The molecule has 4 aliphatic carbocycles. The molecule has 33 atom stereocenters. The first-order valence-corrected chi connectivity index (χ1v) is 43.7. The quantitative estimate of drug-likeness (QED) is 0.264. The molecule has 0 radical (unpaired) electrons. The molecule has 0 N–H and O–H groups in total. The van der Waals surface area contributed by atoms with Crippen LogP contribution in [0.1, 0.15) is 169 Å². The fourth-order valence-corrected chi connectivity index (χ4v) is 36.0. The summed E-state index contributed by atoms with van der Waals surface area (Å²) in [5.41, 5.74) is -2.32. The van der Waals surface area contributed by atoms with E-state index in [4.69, 9.17) is 53.0 Å². The van der Waals surface area contributed by atoms with Gasteiger partial charge in [0.05, 0.1) is 47.0 Å². The molecule has 36 heteroatoms. The van der Waals surface area contributed by atoms with Gasteiger partial charge in [-0.3, -0.25) is 29.3 Å². The highest BCUT2D eigenvalue weighted by molar-refractivity contribution is 7.89. The van der Waals surface area contributed by atoms with E-state index in [1.165, 1.54) is 0 Å². The fraction of sp³-hybridized carbons (Fsp3) is 1.00. The molecule has 17 saturated heterocycles. The van der Waals surface area contributed by atoms with Crippen molar-refractivity contribution in [2.75, 3.05) is 0 Å². The molecule has 0 aromatic rings. The van der Waals surface area contributed by atoms with Gasteiger partial charge in [0.1, 0.15) is 86.3 Å². The maximum Gasteiger partial charge on any atom is 0.410 e. The fourth-order valence-electron chi connectivity index (χ4n) is 22.3. The van der Waals surface area contributed by atoms with Gasteiger partial charge in [0.2, 0.25) is 0 Å². The van der Waals surface area contributed by atoms with E-state index in [2.05, 4.69) is 27.7 Å². The van der Waals surface area contributed by atoms with Crippen molar-refractivity contribution in [2.45, 2.75) is 313 Å². The Balaban J connectivity index is 0.0000000971. The molecule has 21 rings (SSSR count). The number of rotatable bonds is 0. The first-order chi connectivity index (χ1) is 43.6. The van der Waals surface area contributed by atoms with Gasteiger partial charge in [0.15, 0.2) is 4.75 Å². The summed E-state index contributed by atoms with van der Waals surface area (Å²) in [6.07, 6.45) is -2.09. The summed E-state index contributed by atoms with van der Waals surface area (Å²) in [7, 11) is -24.5. The second-order valence-electron chi connectivity index (χ2n) is 34.0. The zero-order valence-corrected chi connectivity index (χ0v) is 61.7. The number of halogens is 3. The van der Waals surface area contributed by atoms with Crippen molar-refractivity contribution in [3.63, 3.8) is 0 Å². The molecular formula is C61H93F3O26S7.